The van der Waals surface area contributed by atoms with Crippen molar-refractivity contribution in [1.29, 1.82) is 5.26 Å². The maximum absolute atomic E-state index is 13.2. The molecule has 0 saturated carbocycles. The second-order valence-corrected chi connectivity index (χ2v) is 5.89. The van der Waals surface area contributed by atoms with Gasteiger partial charge in [-0.25, -0.2) is 9.37 Å². The number of anilines is 1. The zero-order chi connectivity index (χ0) is 16.6. The van der Waals surface area contributed by atoms with Crippen LogP contribution in [0.2, 0.25) is 0 Å². The summed E-state index contributed by atoms with van der Waals surface area (Å²) in [6.07, 6.45) is 1.81. The molecule has 1 aliphatic heterocycles. The number of halogens is 1. The van der Waals surface area contributed by atoms with Gasteiger partial charge in [0.05, 0.1) is 23.1 Å². The fraction of sp³-hybridized carbons (Fsp3) is 0.188. The minimum atomic E-state index is -0.566. The molecule has 1 atom stereocenters. The van der Waals surface area contributed by atoms with Crippen LogP contribution >= 0.6 is 11.8 Å². The molecule has 0 aliphatic carbocycles. The van der Waals surface area contributed by atoms with E-state index in [9.17, 15) is 14.4 Å². The number of thioether (sulfide) groups is 1. The molecule has 23 heavy (non-hydrogen) atoms. The van der Waals surface area contributed by atoms with Gasteiger partial charge in [0.1, 0.15) is 11.6 Å². The summed E-state index contributed by atoms with van der Waals surface area (Å²) >= 11 is 1.33. The quantitative estimate of drug-likeness (QED) is 0.654. The number of nitrogens with zero attached hydrogens (tertiary/aromatic N) is 2. The van der Waals surface area contributed by atoms with Crippen molar-refractivity contribution < 1.29 is 4.39 Å². The Labute approximate surface area is 136 Å². The monoisotopic (exact) mass is 328 g/mol. The van der Waals surface area contributed by atoms with Gasteiger partial charge in [0, 0.05) is 5.70 Å². The molecule has 1 aromatic carbocycles. The van der Waals surface area contributed by atoms with Gasteiger partial charge in [-0.15, -0.1) is 0 Å². The maximum Gasteiger partial charge on any atom is 0.257 e. The highest BCUT2D eigenvalue weighted by Crippen LogP contribution is 2.38. The molecule has 2 N–H and O–H groups in total. The highest BCUT2D eigenvalue weighted by atomic mass is 32.2. The van der Waals surface area contributed by atoms with E-state index in [1.165, 1.54) is 23.9 Å². The van der Waals surface area contributed by atoms with Crippen LogP contribution in [0.25, 0.3) is 0 Å². The smallest absolute Gasteiger partial charge is 0.257 e. The van der Waals surface area contributed by atoms with Gasteiger partial charge in [0.15, 0.2) is 5.16 Å². The molecular formula is C16H13FN4OS. The summed E-state index contributed by atoms with van der Waals surface area (Å²) in [6.45, 7) is 1.76. The molecule has 3 rings (SSSR count). The molecule has 0 amide bonds. The number of benzene rings is 1. The topological polar surface area (TPSA) is 81.6 Å². The fourth-order valence-electron chi connectivity index (χ4n) is 2.66. The lowest BCUT2D eigenvalue weighted by atomic mass is 9.83. The van der Waals surface area contributed by atoms with Crippen molar-refractivity contribution in [3.8, 4) is 6.07 Å². The van der Waals surface area contributed by atoms with Crippen LogP contribution in [0.1, 0.15) is 24.0 Å². The summed E-state index contributed by atoms with van der Waals surface area (Å²) in [4.78, 5) is 19.6. The number of aromatic nitrogens is 2. The Morgan fingerprint density at radius 1 is 1.35 bits per heavy atom. The highest BCUT2D eigenvalue weighted by molar-refractivity contribution is 7.98. The zero-order valence-electron chi connectivity index (χ0n) is 12.5. The molecule has 0 spiro atoms. The summed E-state index contributed by atoms with van der Waals surface area (Å²) in [5.41, 5.74) is 1.81. The molecule has 2 aromatic rings. The lowest BCUT2D eigenvalue weighted by molar-refractivity contribution is 0.626. The number of H-pyrrole nitrogens is 1. The Balaban J connectivity index is 2.27. The first-order valence-electron chi connectivity index (χ1n) is 6.86. The van der Waals surface area contributed by atoms with Gasteiger partial charge in [-0.3, -0.25) is 4.79 Å². The number of nitrogens with one attached hydrogen (secondary N) is 2. The summed E-state index contributed by atoms with van der Waals surface area (Å²) in [7, 11) is 0. The van der Waals surface area contributed by atoms with Gasteiger partial charge in [-0.2, -0.15) is 5.26 Å². The standard InChI is InChI=1S/C16H13FN4OS/c1-8-11(7-18)12(9-3-5-10(17)6-4-9)13-14(19-8)20-16(23-2)21-15(13)22/h3-6,12H,1-2H3,(H2,19,20,21,22). The number of fused-ring (bicyclic) bond motifs is 1. The number of aromatic amines is 1. The van der Waals surface area contributed by atoms with E-state index in [4.69, 9.17) is 0 Å². The molecule has 0 saturated heterocycles. The van der Waals surface area contributed by atoms with Gasteiger partial charge in [-0.05, 0) is 30.9 Å². The second kappa shape index (κ2) is 5.89. The van der Waals surface area contributed by atoms with Gasteiger partial charge in [-0.1, -0.05) is 23.9 Å². The summed E-state index contributed by atoms with van der Waals surface area (Å²) < 4.78 is 13.2. The summed E-state index contributed by atoms with van der Waals surface area (Å²) in [5.74, 6) is -0.500. The Kier molecular flexibility index (Phi) is 3.92. The summed E-state index contributed by atoms with van der Waals surface area (Å²) in [6, 6.07) is 7.96. The van der Waals surface area contributed by atoms with E-state index in [1.54, 1.807) is 19.1 Å². The number of rotatable bonds is 2. The lowest BCUT2D eigenvalue weighted by Crippen LogP contribution is -2.27. The minimum Gasteiger partial charge on any atom is -0.343 e. The number of nitriles is 1. The van der Waals surface area contributed by atoms with Crippen LogP contribution in [0.15, 0.2) is 45.5 Å². The van der Waals surface area contributed by atoms with Crippen molar-refractivity contribution >= 4 is 17.6 Å². The average Bonchev–Trinajstić information content (AvgIpc) is 2.54. The Morgan fingerprint density at radius 2 is 2.04 bits per heavy atom. The fourth-order valence-corrected chi connectivity index (χ4v) is 3.04. The normalized spacial score (nSPS) is 16.5. The Morgan fingerprint density at radius 3 is 2.65 bits per heavy atom. The van der Waals surface area contributed by atoms with Crippen LogP contribution in [-0.4, -0.2) is 16.2 Å². The van der Waals surface area contributed by atoms with Crippen LogP contribution in [-0.2, 0) is 0 Å². The predicted molar refractivity (Wildman–Crippen MR) is 86.8 cm³/mol. The number of hydrogen-bond acceptors (Lipinski definition) is 5. The lowest BCUT2D eigenvalue weighted by Gasteiger charge is -2.26. The third kappa shape index (κ3) is 2.62. The van der Waals surface area contributed by atoms with Crippen LogP contribution in [0.5, 0.6) is 0 Å². The molecule has 0 bridgehead atoms. The second-order valence-electron chi connectivity index (χ2n) is 5.10. The largest absolute Gasteiger partial charge is 0.343 e. The highest BCUT2D eigenvalue weighted by Gasteiger charge is 2.32. The predicted octanol–water partition coefficient (Wildman–Crippen LogP) is 2.99. The van der Waals surface area contributed by atoms with Crippen molar-refractivity contribution in [2.75, 3.05) is 11.6 Å². The van der Waals surface area contributed by atoms with Crippen molar-refractivity contribution in [2.45, 2.75) is 18.0 Å². The minimum absolute atomic E-state index is 0.304. The van der Waals surface area contributed by atoms with Gasteiger partial charge >= 0.3 is 0 Å². The molecule has 7 heteroatoms. The van der Waals surface area contributed by atoms with Crippen molar-refractivity contribution in [1.82, 2.24) is 9.97 Å². The van der Waals surface area contributed by atoms with Gasteiger partial charge in [0.2, 0.25) is 0 Å². The molecule has 0 fully saturated rings. The van der Waals surface area contributed by atoms with E-state index in [0.717, 1.165) is 0 Å². The van der Waals surface area contributed by atoms with Crippen LogP contribution in [0.3, 0.4) is 0 Å². The third-order valence-corrected chi connectivity index (χ3v) is 4.32. The van der Waals surface area contributed by atoms with Crippen LogP contribution < -0.4 is 10.9 Å². The molecule has 1 aliphatic rings. The SMILES string of the molecule is CSc1nc2c(c(=O)[nH]1)C(c1ccc(F)cc1)C(C#N)=C(C)N2. The number of allylic oxidation sites excluding steroid dienone is 2. The molecular weight excluding hydrogens is 315 g/mol. The Bertz CT molecular complexity index is 896. The van der Waals surface area contributed by atoms with Crippen LogP contribution in [0, 0.1) is 17.1 Å². The van der Waals surface area contributed by atoms with E-state index in [0.29, 0.717) is 33.4 Å². The molecule has 1 aromatic heterocycles. The first kappa shape index (κ1) is 15.3. The molecule has 2 heterocycles. The maximum atomic E-state index is 13.2. The van der Waals surface area contributed by atoms with E-state index in [-0.39, 0.29) is 11.4 Å². The molecule has 0 radical (unpaired) electrons. The molecule has 1 unspecified atom stereocenters. The van der Waals surface area contributed by atoms with Crippen molar-refractivity contribution in [2.24, 2.45) is 0 Å². The van der Waals surface area contributed by atoms with Crippen molar-refractivity contribution in [3.63, 3.8) is 0 Å². The average molecular weight is 328 g/mol. The van der Waals surface area contributed by atoms with Gasteiger partial charge < -0.3 is 10.3 Å². The first-order chi connectivity index (χ1) is 11.0. The number of hydrogen-bond donors (Lipinski definition) is 2. The van der Waals surface area contributed by atoms with E-state index >= 15 is 0 Å². The van der Waals surface area contributed by atoms with Crippen molar-refractivity contribution in [3.05, 3.63) is 62.8 Å². The van der Waals surface area contributed by atoms with E-state index < -0.39 is 5.92 Å². The first-order valence-corrected chi connectivity index (χ1v) is 8.09. The van der Waals surface area contributed by atoms with E-state index in [1.807, 2.05) is 6.26 Å². The van der Waals surface area contributed by atoms with Crippen LogP contribution in [0.4, 0.5) is 10.2 Å². The third-order valence-electron chi connectivity index (χ3n) is 3.74. The molecule has 116 valence electrons. The zero-order valence-corrected chi connectivity index (χ0v) is 13.3. The summed E-state index contributed by atoms with van der Waals surface area (Å²) in [5, 5.41) is 13.0. The molecule has 5 nitrogen and oxygen atoms in total. The van der Waals surface area contributed by atoms with Gasteiger partial charge in [0.25, 0.3) is 5.56 Å². The van der Waals surface area contributed by atoms with E-state index in [2.05, 4.69) is 21.4 Å². The Hall–Kier alpha value is -2.59.